The fourth-order valence-corrected chi connectivity index (χ4v) is 4.91. The molecule has 6 rings (SSSR count). The molecule has 0 radical (unpaired) electrons. The molecule has 3 aromatic heterocycles. The Labute approximate surface area is 210 Å². The van der Waals surface area contributed by atoms with Crippen LogP contribution in [0, 0.1) is 0 Å². The van der Waals surface area contributed by atoms with Crippen LogP contribution in [0.5, 0.6) is 5.88 Å². The summed E-state index contributed by atoms with van der Waals surface area (Å²) in [6.07, 6.45) is 16.8. The second-order valence-electron chi connectivity index (χ2n) is 9.47. The molecule has 2 N–H and O–H groups in total. The van der Waals surface area contributed by atoms with Crippen LogP contribution in [0.3, 0.4) is 0 Å². The number of rotatable bonds is 7. The van der Waals surface area contributed by atoms with Gasteiger partial charge >= 0.3 is 0 Å². The minimum atomic E-state index is 0.0954. The largest absolute Gasteiger partial charge is 0.474 e. The lowest BCUT2D eigenvalue weighted by Crippen LogP contribution is -2.37. The van der Waals surface area contributed by atoms with Gasteiger partial charge in [0.2, 0.25) is 11.8 Å². The first-order valence-corrected chi connectivity index (χ1v) is 12.9. The fourth-order valence-electron chi connectivity index (χ4n) is 4.91. The van der Waals surface area contributed by atoms with E-state index < -0.39 is 0 Å². The molecule has 1 atom stereocenters. The zero-order valence-electron chi connectivity index (χ0n) is 20.3. The third-order valence-corrected chi connectivity index (χ3v) is 6.84. The molecule has 2 fully saturated rings. The first-order chi connectivity index (χ1) is 17.8. The summed E-state index contributed by atoms with van der Waals surface area (Å²) < 4.78 is 13.6. The van der Waals surface area contributed by atoms with Gasteiger partial charge in [-0.05, 0) is 37.8 Å². The highest BCUT2D eigenvalue weighted by molar-refractivity contribution is 5.60. The molecule has 0 spiro atoms. The number of nitrogens with one attached hydrogen (secondary N) is 2. The van der Waals surface area contributed by atoms with E-state index in [1.807, 2.05) is 41.4 Å². The van der Waals surface area contributed by atoms with Gasteiger partial charge in [-0.15, -0.1) is 0 Å². The van der Waals surface area contributed by atoms with Gasteiger partial charge in [0.1, 0.15) is 23.6 Å². The number of hydrogen-bond acceptors (Lipinski definition) is 9. The highest BCUT2D eigenvalue weighted by atomic mass is 16.5. The third kappa shape index (κ3) is 5.43. The Balaban J connectivity index is 1.18. The van der Waals surface area contributed by atoms with E-state index in [-0.39, 0.29) is 12.1 Å². The van der Waals surface area contributed by atoms with Gasteiger partial charge in [0.15, 0.2) is 0 Å². The Bertz CT molecular complexity index is 1180. The molecule has 0 aromatic carbocycles. The van der Waals surface area contributed by atoms with Gasteiger partial charge in [0.05, 0.1) is 31.1 Å². The summed E-state index contributed by atoms with van der Waals surface area (Å²) >= 11 is 0. The predicted octanol–water partition coefficient (Wildman–Crippen LogP) is 3.87. The first-order valence-electron chi connectivity index (χ1n) is 12.9. The number of pyridine rings is 1. The Morgan fingerprint density at radius 2 is 1.92 bits per heavy atom. The van der Waals surface area contributed by atoms with Crippen molar-refractivity contribution in [3.8, 4) is 5.88 Å². The maximum Gasteiger partial charge on any atom is 0.231 e. The van der Waals surface area contributed by atoms with Crippen molar-refractivity contribution in [3.05, 3.63) is 48.7 Å². The number of anilines is 4. The number of hydrogen-bond donors (Lipinski definition) is 2. The van der Waals surface area contributed by atoms with Gasteiger partial charge in [-0.2, -0.15) is 9.97 Å². The standard InChI is InChI=1S/C26H32N8O2/c1-2-4-21(5-3-1)36-25-7-6-20(18-28-25)30-26-31-22(17-24(32-26)34-12-14-35-15-13-34)29-19-8-10-33-11-9-27-23(33)16-19/h6-11,17-19,21H,1-5,12-16H2,(H2,29,30,31,32). The monoisotopic (exact) mass is 488 g/mol. The Hall–Kier alpha value is -3.66. The molecule has 10 heteroatoms. The van der Waals surface area contributed by atoms with E-state index in [4.69, 9.17) is 19.4 Å². The van der Waals surface area contributed by atoms with Crippen LogP contribution in [-0.2, 0) is 11.2 Å². The number of fused-ring (bicyclic) bond motifs is 1. The van der Waals surface area contributed by atoms with Crippen LogP contribution in [0.1, 0.15) is 37.9 Å². The van der Waals surface area contributed by atoms with E-state index >= 15 is 0 Å². The molecular formula is C26H32N8O2. The van der Waals surface area contributed by atoms with E-state index in [2.05, 4.69) is 31.6 Å². The van der Waals surface area contributed by atoms with Crippen LogP contribution in [-0.4, -0.2) is 63.0 Å². The van der Waals surface area contributed by atoms with Gasteiger partial charge in [-0.1, -0.05) is 6.42 Å². The van der Waals surface area contributed by atoms with Gasteiger partial charge in [-0.3, -0.25) is 0 Å². The van der Waals surface area contributed by atoms with E-state index in [9.17, 15) is 0 Å². The molecule has 0 amide bonds. The van der Waals surface area contributed by atoms with Gasteiger partial charge in [0.25, 0.3) is 0 Å². The fraction of sp³-hybridized carbons (Fsp3) is 0.462. The third-order valence-electron chi connectivity index (χ3n) is 6.84. The average Bonchev–Trinajstić information content (AvgIpc) is 3.39. The second-order valence-corrected chi connectivity index (χ2v) is 9.47. The SMILES string of the molecule is C1=Cn2ccnc2CC1Nc1cc(N2CCOCC2)nc(Nc2ccc(OC3CCCCC3)nc2)n1. The highest BCUT2D eigenvalue weighted by Gasteiger charge is 2.19. The molecular weight excluding hydrogens is 456 g/mol. The molecule has 3 aliphatic rings. The molecule has 1 saturated carbocycles. The second kappa shape index (κ2) is 10.5. The Kier molecular flexibility index (Phi) is 6.66. The molecule has 10 nitrogen and oxygen atoms in total. The molecule has 1 aliphatic carbocycles. The summed E-state index contributed by atoms with van der Waals surface area (Å²) in [5, 5.41) is 6.88. The lowest BCUT2D eigenvalue weighted by molar-refractivity contribution is 0.122. The molecule has 0 bridgehead atoms. The topological polar surface area (TPSA) is 102 Å². The van der Waals surface area contributed by atoms with Crippen molar-refractivity contribution in [2.45, 2.75) is 50.7 Å². The zero-order chi connectivity index (χ0) is 24.2. The van der Waals surface area contributed by atoms with Crippen LogP contribution >= 0.6 is 0 Å². The van der Waals surface area contributed by atoms with Crippen LogP contribution in [0.25, 0.3) is 6.20 Å². The molecule has 1 unspecified atom stereocenters. The maximum atomic E-state index is 6.07. The van der Waals surface area contributed by atoms with Crippen molar-refractivity contribution in [1.29, 1.82) is 0 Å². The van der Waals surface area contributed by atoms with Gasteiger partial charge in [0, 0.05) is 50.2 Å². The Morgan fingerprint density at radius 3 is 2.75 bits per heavy atom. The number of aromatic nitrogens is 5. The zero-order valence-corrected chi connectivity index (χ0v) is 20.3. The molecule has 1 saturated heterocycles. The smallest absolute Gasteiger partial charge is 0.231 e. The van der Waals surface area contributed by atoms with Crippen LogP contribution < -0.4 is 20.3 Å². The summed E-state index contributed by atoms with van der Waals surface area (Å²) in [5.74, 6) is 3.84. The normalized spacial score (nSPS) is 20.1. The van der Waals surface area contributed by atoms with Crippen molar-refractivity contribution in [3.63, 3.8) is 0 Å². The lowest BCUT2D eigenvalue weighted by Gasteiger charge is -2.28. The van der Waals surface area contributed by atoms with Crippen molar-refractivity contribution in [1.82, 2.24) is 24.5 Å². The average molecular weight is 489 g/mol. The van der Waals surface area contributed by atoms with E-state index in [1.165, 1.54) is 19.3 Å². The molecule has 2 aliphatic heterocycles. The first kappa shape index (κ1) is 22.8. The summed E-state index contributed by atoms with van der Waals surface area (Å²) in [4.78, 5) is 20.8. The van der Waals surface area contributed by atoms with Crippen LogP contribution in [0.4, 0.5) is 23.3 Å². The summed E-state index contributed by atoms with van der Waals surface area (Å²) in [6, 6.07) is 5.98. The quantitative estimate of drug-likeness (QED) is 0.513. The lowest BCUT2D eigenvalue weighted by atomic mass is 9.98. The number of morpholine rings is 1. The summed E-state index contributed by atoms with van der Waals surface area (Å²) in [5.41, 5.74) is 0.815. The van der Waals surface area contributed by atoms with Crippen LogP contribution in [0.15, 0.2) is 42.9 Å². The van der Waals surface area contributed by atoms with E-state index in [1.54, 1.807) is 6.20 Å². The maximum absolute atomic E-state index is 6.07. The minimum Gasteiger partial charge on any atom is -0.474 e. The van der Waals surface area contributed by atoms with Crippen molar-refractivity contribution in [2.24, 2.45) is 0 Å². The number of nitrogens with zero attached hydrogens (tertiary/aromatic N) is 6. The Morgan fingerprint density at radius 1 is 1.03 bits per heavy atom. The number of ether oxygens (including phenoxy) is 2. The van der Waals surface area contributed by atoms with Crippen molar-refractivity contribution in [2.75, 3.05) is 41.8 Å². The van der Waals surface area contributed by atoms with Gasteiger partial charge in [-0.25, -0.2) is 9.97 Å². The predicted molar refractivity (Wildman–Crippen MR) is 139 cm³/mol. The summed E-state index contributed by atoms with van der Waals surface area (Å²) in [7, 11) is 0. The molecule has 36 heavy (non-hydrogen) atoms. The number of imidazole rings is 1. The van der Waals surface area contributed by atoms with Crippen molar-refractivity contribution >= 4 is 29.5 Å². The highest BCUT2D eigenvalue weighted by Crippen LogP contribution is 2.25. The van der Waals surface area contributed by atoms with E-state index in [0.717, 1.165) is 55.5 Å². The molecule has 5 heterocycles. The van der Waals surface area contributed by atoms with E-state index in [0.29, 0.717) is 25.0 Å². The van der Waals surface area contributed by atoms with Crippen LogP contribution in [0.2, 0.25) is 0 Å². The molecule has 188 valence electrons. The molecule has 3 aromatic rings. The summed E-state index contributed by atoms with van der Waals surface area (Å²) in [6.45, 7) is 2.97. The van der Waals surface area contributed by atoms with Gasteiger partial charge < -0.3 is 29.6 Å². The van der Waals surface area contributed by atoms with Crippen molar-refractivity contribution < 1.29 is 9.47 Å². The minimum absolute atomic E-state index is 0.0954.